The van der Waals surface area contributed by atoms with Gasteiger partial charge in [0.2, 0.25) is 5.91 Å². The summed E-state index contributed by atoms with van der Waals surface area (Å²) in [6.07, 6.45) is 1.66. The van der Waals surface area contributed by atoms with Crippen molar-refractivity contribution < 1.29 is 9.53 Å². The molecule has 5 heteroatoms. The lowest BCUT2D eigenvalue weighted by molar-refractivity contribution is -0.132. The zero-order valence-corrected chi connectivity index (χ0v) is 11.6. The maximum Gasteiger partial charge on any atom is 0.240 e. The maximum absolute atomic E-state index is 11.9. The Bertz CT molecular complexity index is 521. The second-order valence-corrected chi connectivity index (χ2v) is 5.16. The molecule has 0 aliphatic carbocycles. The van der Waals surface area contributed by atoms with E-state index in [1.54, 1.807) is 19.2 Å². The van der Waals surface area contributed by atoms with Gasteiger partial charge in [-0.2, -0.15) is 5.26 Å². The van der Waals surface area contributed by atoms with Crippen molar-refractivity contribution in [2.45, 2.75) is 24.9 Å². The Kier molecular flexibility index (Phi) is 4.38. The summed E-state index contributed by atoms with van der Waals surface area (Å²) in [5.41, 5.74) is 6.59. The summed E-state index contributed by atoms with van der Waals surface area (Å²) in [6, 6.07) is 9.49. The van der Waals surface area contributed by atoms with Gasteiger partial charge in [0.15, 0.2) is 0 Å². The number of nitriles is 1. The Labute approximate surface area is 118 Å². The van der Waals surface area contributed by atoms with Crippen LogP contribution in [0.1, 0.15) is 24.0 Å². The molecule has 1 saturated heterocycles. The highest BCUT2D eigenvalue weighted by Crippen LogP contribution is 2.31. The van der Waals surface area contributed by atoms with Crippen molar-refractivity contribution in [1.29, 1.82) is 5.26 Å². The number of carbonyl (C=O) groups excluding carboxylic acids is 1. The molecule has 20 heavy (non-hydrogen) atoms. The molecule has 1 amide bonds. The van der Waals surface area contributed by atoms with Crippen molar-refractivity contribution in [3.05, 3.63) is 35.4 Å². The number of rotatable bonds is 5. The number of amides is 1. The largest absolute Gasteiger partial charge is 0.382 e. The van der Waals surface area contributed by atoms with Crippen LogP contribution in [0.3, 0.4) is 0 Å². The predicted molar refractivity (Wildman–Crippen MR) is 74.6 cm³/mol. The number of hydrogen-bond acceptors (Lipinski definition) is 4. The van der Waals surface area contributed by atoms with Crippen LogP contribution in [0.4, 0.5) is 0 Å². The summed E-state index contributed by atoms with van der Waals surface area (Å²) in [5, 5.41) is 8.80. The van der Waals surface area contributed by atoms with Gasteiger partial charge in [0.1, 0.15) is 5.54 Å². The van der Waals surface area contributed by atoms with Crippen LogP contribution < -0.4 is 5.73 Å². The molecule has 2 N–H and O–H groups in total. The molecular formula is C15H19N3O2. The van der Waals surface area contributed by atoms with Crippen molar-refractivity contribution in [2.75, 3.05) is 20.3 Å². The van der Waals surface area contributed by atoms with Gasteiger partial charge in [-0.3, -0.25) is 9.69 Å². The number of nitrogens with zero attached hydrogens (tertiary/aromatic N) is 2. The molecule has 2 rings (SSSR count). The fraction of sp³-hybridized carbons (Fsp3) is 0.467. The standard InChI is InChI=1S/C15H19N3O2/c1-20-11-15(14(17)19)7-2-8-18(15)10-13-5-3-12(9-16)4-6-13/h3-6H,2,7-8,10-11H2,1H3,(H2,17,19). The minimum Gasteiger partial charge on any atom is -0.382 e. The predicted octanol–water partition coefficient (Wildman–Crippen LogP) is 1.02. The van der Waals surface area contributed by atoms with E-state index in [-0.39, 0.29) is 5.91 Å². The number of ether oxygens (including phenoxy) is 1. The van der Waals surface area contributed by atoms with Crippen LogP contribution in [0.15, 0.2) is 24.3 Å². The van der Waals surface area contributed by atoms with Gasteiger partial charge >= 0.3 is 0 Å². The first-order chi connectivity index (χ1) is 9.62. The third-order valence-corrected chi connectivity index (χ3v) is 3.92. The van der Waals surface area contributed by atoms with Crippen LogP contribution in [0.2, 0.25) is 0 Å². The van der Waals surface area contributed by atoms with E-state index in [9.17, 15) is 4.79 Å². The molecule has 1 aliphatic heterocycles. The lowest BCUT2D eigenvalue weighted by Crippen LogP contribution is -2.56. The van der Waals surface area contributed by atoms with Crippen molar-refractivity contribution in [3.8, 4) is 6.07 Å². The lowest BCUT2D eigenvalue weighted by Gasteiger charge is -2.35. The molecule has 1 aromatic carbocycles. The fourth-order valence-electron chi connectivity index (χ4n) is 2.82. The molecule has 0 saturated carbocycles. The van der Waals surface area contributed by atoms with Crippen molar-refractivity contribution in [1.82, 2.24) is 4.90 Å². The van der Waals surface area contributed by atoms with E-state index in [4.69, 9.17) is 15.7 Å². The Morgan fingerprint density at radius 2 is 2.20 bits per heavy atom. The minimum absolute atomic E-state index is 0.318. The quantitative estimate of drug-likeness (QED) is 0.868. The van der Waals surface area contributed by atoms with E-state index in [0.29, 0.717) is 18.7 Å². The third kappa shape index (κ3) is 2.67. The summed E-state index contributed by atoms with van der Waals surface area (Å²) in [5.74, 6) is -0.328. The van der Waals surface area contributed by atoms with Crippen LogP contribution in [-0.4, -0.2) is 36.6 Å². The molecule has 1 aliphatic rings. The zero-order chi connectivity index (χ0) is 14.6. The van der Waals surface area contributed by atoms with Gasteiger partial charge in [0.05, 0.1) is 18.2 Å². The molecule has 1 fully saturated rings. The first kappa shape index (κ1) is 14.5. The Morgan fingerprint density at radius 1 is 1.50 bits per heavy atom. The van der Waals surface area contributed by atoms with E-state index >= 15 is 0 Å². The summed E-state index contributed by atoms with van der Waals surface area (Å²) in [6.45, 7) is 1.78. The van der Waals surface area contributed by atoms with Gasteiger partial charge in [0, 0.05) is 13.7 Å². The molecule has 1 unspecified atom stereocenters. The number of carbonyl (C=O) groups is 1. The van der Waals surface area contributed by atoms with E-state index in [1.165, 1.54) is 0 Å². The molecule has 0 bridgehead atoms. The second kappa shape index (κ2) is 6.04. The van der Waals surface area contributed by atoms with E-state index in [1.807, 2.05) is 12.1 Å². The number of likely N-dealkylation sites (tertiary alicyclic amines) is 1. The van der Waals surface area contributed by atoms with E-state index in [2.05, 4.69) is 11.0 Å². The third-order valence-electron chi connectivity index (χ3n) is 3.92. The summed E-state index contributed by atoms with van der Waals surface area (Å²) in [4.78, 5) is 14.0. The Balaban J connectivity index is 2.17. The first-order valence-corrected chi connectivity index (χ1v) is 6.65. The second-order valence-electron chi connectivity index (χ2n) is 5.16. The van der Waals surface area contributed by atoms with Crippen LogP contribution in [0.25, 0.3) is 0 Å². The van der Waals surface area contributed by atoms with Gasteiger partial charge in [-0.05, 0) is 37.1 Å². The van der Waals surface area contributed by atoms with Gasteiger partial charge in [-0.15, -0.1) is 0 Å². The molecule has 1 aromatic rings. The number of benzene rings is 1. The average Bonchev–Trinajstić information content (AvgIpc) is 2.84. The molecule has 1 heterocycles. The maximum atomic E-state index is 11.9. The summed E-state index contributed by atoms with van der Waals surface area (Å²) >= 11 is 0. The smallest absolute Gasteiger partial charge is 0.240 e. The fourth-order valence-corrected chi connectivity index (χ4v) is 2.82. The van der Waals surface area contributed by atoms with Crippen molar-refractivity contribution in [2.24, 2.45) is 5.73 Å². The van der Waals surface area contributed by atoms with Gasteiger partial charge in [-0.25, -0.2) is 0 Å². The number of primary amides is 1. The monoisotopic (exact) mass is 273 g/mol. The Hall–Kier alpha value is -1.90. The molecule has 0 aromatic heterocycles. The van der Waals surface area contributed by atoms with E-state index in [0.717, 1.165) is 24.9 Å². The van der Waals surface area contributed by atoms with Crippen LogP contribution in [0, 0.1) is 11.3 Å². The van der Waals surface area contributed by atoms with Gasteiger partial charge in [-0.1, -0.05) is 12.1 Å². The van der Waals surface area contributed by atoms with Gasteiger partial charge < -0.3 is 10.5 Å². The Morgan fingerprint density at radius 3 is 2.75 bits per heavy atom. The van der Waals surface area contributed by atoms with E-state index < -0.39 is 5.54 Å². The highest BCUT2D eigenvalue weighted by molar-refractivity contribution is 5.85. The number of nitrogens with two attached hydrogens (primary N) is 1. The normalized spacial score (nSPS) is 22.6. The highest BCUT2D eigenvalue weighted by Gasteiger charge is 2.46. The SMILES string of the molecule is COCC1(C(N)=O)CCCN1Cc1ccc(C#N)cc1. The minimum atomic E-state index is -0.706. The molecule has 5 nitrogen and oxygen atoms in total. The molecule has 1 atom stereocenters. The summed E-state index contributed by atoms with van der Waals surface area (Å²) in [7, 11) is 1.59. The van der Waals surface area contributed by atoms with Crippen molar-refractivity contribution >= 4 is 5.91 Å². The molecule has 0 spiro atoms. The van der Waals surface area contributed by atoms with Gasteiger partial charge in [0.25, 0.3) is 0 Å². The first-order valence-electron chi connectivity index (χ1n) is 6.65. The average molecular weight is 273 g/mol. The molecule has 0 radical (unpaired) electrons. The van der Waals surface area contributed by atoms with Crippen LogP contribution >= 0.6 is 0 Å². The lowest BCUT2D eigenvalue weighted by atomic mass is 9.95. The zero-order valence-electron chi connectivity index (χ0n) is 11.6. The molecule has 106 valence electrons. The van der Waals surface area contributed by atoms with Crippen LogP contribution in [0.5, 0.6) is 0 Å². The summed E-state index contributed by atoms with van der Waals surface area (Å²) < 4.78 is 5.21. The number of hydrogen-bond donors (Lipinski definition) is 1. The van der Waals surface area contributed by atoms with Crippen molar-refractivity contribution in [3.63, 3.8) is 0 Å². The highest BCUT2D eigenvalue weighted by atomic mass is 16.5. The van der Waals surface area contributed by atoms with Crippen LogP contribution in [-0.2, 0) is 16.1 Å². The number of methoxy groups -OCH3 is 1. The molecular weight excluding hydrogens is 254 g/mol. The topological polar surface area (TPSA) is 79.3 Å².